The molecule has 0 radical (unpaired) electrons. The second-order valence-electron chi connectivity index (χ2n) is 4.92. The molecule has 20 heavy (non-hydrogen) atoms. The molecular weight excluding hydrogens is 248 g/mol. The number of ketones is 1. The molecule has 3 rings (SSSR count). The van der Waals surface area contributed by atoms with Crippen LogP contribution >= 0.6 is 0 Å². The quantitative estimate of drug-likeness (QED) is 0.722. The lowest BCUT2D eigenvalue weighted by molar-refractivity contribution is -0.117. The molecule has 0 aliphatic carbocycles. The van der Waals surface area contributed by atoms with Crippen LogP contribution in [0.2, 0.25) is 0 Å². The van der Waals surface area contributed by atoms with E-state index in [2.05, 4.69) is 27.8 Å². The second kappa shape index (κ2) is 5.29. The Hall–Kier alpha value is -2.42. The number of benzene rings is 1. The third-order valence-electron chi connectivity index (χ3n) is 3.40. The van der Waals surface area contributed by atoms with Crippen LogP contribution in [0.3, 0.4) is 0 Å². The fraction of sp³-hybridized carbons (Fsp3) is 0.176. The van der Waals surface area contributed by atoms with Gasteiger partial charge >= 0.3 is 0 Å². The van der Waals surface area contributed by atoms with Gasteiger partial charge in [0.15, 0.2) is 0 Å². The molecule has 0 atom stereocenters. The predicted octanol–water partition coefficient (Wildman–Crippen LogP) is 3.55. The highest BCUT2D eigenvalue weighted by Gasteiger charge is 2.11. The molecule has 0 amide bonds. The van der Waals surface area contributed by atoms with Crippen LogP contribution in [0, 0.1) is 0 Å². The molecule has 0 unspecified atom stereocenters. The number of carbonyl (C=O) groups is 1. The van der Waals surface area contributed by atoms with Crippen molar-refractivity contribution in [2.75, 3.05) is 0 Å². The van der Waals surface area contributed by atoms with Gasteiger partial charge < -0.3 is 4.79 Å². The number of fused-ring (bicyclic) bond motifs is 1. The summed E-state index contributed by atoms with van der Waals surface area (Å²) >= 11 is 0. The van der Waals surface area contributed by atoms with Gasteiger partial charge in [0, 0.05) is 23.7 Å². The smallest absolute Gasteiger partial charge is 0.137 e. The molecule has 0 fully saturated rings. The summed E-state index contributed by atoms with van der Waals surface area (Å²) in [5.41, 5.74) is 2.25. The molecule has 100 valence electrons. The summed E-state index contributed by atoms with van der Waals surface area (Å²) < 4.78 is 2.14. The summed E-state index contributed by atoms with van der Waals surface area (Å²) in [5, 5.41) is 1.18. The summed E-state index contributed by atoms with van der Waals surface area (Å²) in [6.07, 6.45) is 3.09. The van der Waals surface area contributed by atoms with Crippen molar-refractivity contribution in [3.8, 4) is 5.82 Å². The molecular formula is C17H16N2O. The van der Waals surface area contributed by atoms with Crippen molar-refractivity contribution in [2.24, 2.45) is 0 Å². The van der Waals surface area contributed by atoms with E-state index in [1.807, 2.05) is 30.3 Å². The van der Waals surface area contributed by atoms with E-state index < -0.39 is 0 Å². The Balaban J connectivity index is 2.16. The number of carbonyl (C=O) groups excluding carboxylic acids is 1. The van der Waals surface area contributed by atoms with Crippen molar-refractivity contribution in [3.05, 3.63) is 60.4 Å². The van der Waals surface area contributed by atoms with E-state index >= 15 is 0 Å². The van der Waals surface area contributed by atoms with E-state index in [1.54, 1.807) is 13.1 Å². The first kappa shape index (κ1) is 12.6. The molecule has 0 bridgehead atoms. The normalized spacial score (nSPS) is 10.8. The van der Waals surface area contributed by atoms with Crippen LogP contribution in [0.5, 0.6) is 0 Å². The number of nitrogens with zero attached hydrogens (tertiary/aromatic N) is 2. The van der Waals surface area contributed by atoms with Crippen molar-refractivity contribution in [1.29, 1.82) is 0 Å². The van der Waals surface area contributed by atoms with Gasteiger partial charge in [-0.05, 0) is 37.6 Å². The molecule has 0 N–H and O–H groups in total. The zero-order valence-corrected chi connectivity index (χ0v) is 11.4. The standard InChI is InChI=1S/C17H16N2O/c1-13(20)9-10-15-12-14-6-2-3-7-16(14)19(15)17-8-4-5-11-18-17/h2-8,11-12H,9-10H2,1H3. The highest BCUT2D eigenvalue weighted by molar-refractivity contribution is 5.83. The zero-order chi connectivity index (χ0) is 13.9. The van der Waals surface area contributed by atoms with Crippen LogP contribution in [-0.4, -0.2) is 15.3 Å². The Morgan fingerprint density at radius 3 is 2.70 bits per heavy atom. The fourth-order valence-electron chi connectivity index (χ4n) is 2.46. The van der Waals surface area contributed by atoms with Crippen molar-refractivity contribution in [3.63, 3.8) is 0 Å². The first-order chi connectivity index (χ1) is 9.75. The van der Waals surface area contributed by atoms with Gasteiger partial charge in [-0.25, -0.2) is 4.98 Å². The van der Waals surface area contributed by atoms with E-state index in [1.165, 1.54) is 5.39 Å². The minimum atomic E-state index is 0.211. The van der Waals surface area contributed by atoms with Gasteiger partial charge in [-0.2, -0.15) is 0 Å². The van der Waals surface area contributed by atoms with E-state index in [0.29, 0.717) is 6.42 Å². The second-order valence-corrected chi connectivity index (χ2v) is 4.92. The average Bonchev–Trinajstić information content (AvgIpc) is 2.84. The maximum atomic E-state index is 11.3. The van der Waals surface area contributed by atoms with E-state index in [0.717, 1.165) is 23.4 Å². The maximum absolute atomic E-state index is 11.3. The molecule has 2 aromatic heterocycles. The number of rotatable bonds is 4. The Morgan fingerprint density at radius 2 is 1.95 bits per heavy atom. The third kappa shape index (κ3) is 2.35. The van der Waals surface area contributed by atoms with Crippen LogP contribution < -0.4 is 0 Å². The fourth-order valence-corrected chi connectivity index (χ4v) is 2.46. The molecule has 0 aliphatic rings. The third-order valence-corrected chi connectivity index (χ3v) is 3.40. The lowest BCUT2D eigenvalue weighted by Crippen LogP contribution is -2.04. The lowest BCUT2D eigenvalue weighted by atomic mass is 10.2. The van der Waals surface area contributed by atoms with Crippen molar-refractivity contribution < 1.29 is 4.79 Å². The molecule has 3 heteroatoms. The van der Waals surface area contributed by atoms with Gasteiger partial charge in [-0.1, -0.05) is 24.3 Å². The highest BCUT2D eigenvalue weighted by atomic mass is 16.1. The van der Waals surface area contributed by atoms with Crippen LogP contribution in [0.1, 0.15) is 19.0 Å². The Morgan fingerprint density at radius 1 is 1.15 bits per heavy atom. The van der Waals surface area contributed by atoms with Crippen molar-refractivity contribution in [1.82, 2.24) is 9.55 Å². The molecule has 0 spiro atoms. The van der Waals surface area contributed by atoms with Gasteiger partial charge in [-0.3, -0.25) is 4.57 Å². The summed E-state index contributed by atoms with van der Waals surface area (Å²) in [5.74, 6) is 1.11. The van der Waals surface area contributed by atoms with Crippen molar-refractivity contribution >= 4 is 16.7 Å². The summed E-state index contributed by atoms with van der Waals surface area (Å²) in [6.45, 7) is 1.63. The first-order valence-corrected chi connectivity index (χ1v) is 6.76. The van der Waals surface area contributed by atoms with Crippen molar-refractivity contribution in [2.45, 2.75) is 19.8 Å². The van der Waals surface area contributed by atoms with E-state index in [-0.39, 0.29) is 5.78 Å². The van der Waals surface area contributed by atoms with Crippen LogP contribution in [-0.2, 0) is 11.2 Å². The summed E-state index contributed by atoms with van der Waals surface area (Å²) in [7, 11) is 0. The minimum absolute atomic E-state index is 0.211. The monoisotopic (exact) mass is 264 g/mol. The molecule has 3 nitrogen and oxygen atoms in total. The maximum Gasteiger partial charge on any atom is 0.137 e. The van der Waals surface area contributed by atoms with E-state index in [4.69, 9.17) is 0 Å². The number of hydrogen-bond donors (Lipinski definition) is 0. The molecule has 1 aromatic carbocycles. The van der Waals surface area contributed by atoms with Gasteiger partial charge in [0.1, 0.15) is 11.6 Å². The van der Waals surface area contributed by atoms with Gasteiger partial charge in [0.2, 0.25) is 0 Å². The predicted molar refractivity (Wildman–Crippen MR) is 80.1 cm³/mol. The number of aryl methyl sites for hydroxylation is 1. The molecule has 0 saturated heterocycles. The highest BCUT2D eigenvalue weighted by Crippen LogP contribution is 2.24. The average molecular weight is 264 g/mol. The largest absolute Gasteiger partial charge is 0.300 e. The Labute approximate surface area is 117 Å². The Kier molecular flexibility index (Phi) is 3.33. The molecule has 0 aliphatic heterocycles. The zero-order valence-electron chi connectivity index (χ0n) is 11.4. The van der Waals surface area contributed by atoms with Crippen LogP contribution in [0.4, 0.5) is 0 Å². The van der Waals surface area contributed by atoms with Crippen LogP contribution in [0.25, 0.3) is 16.7 Å². The topological polar surface area (TPSA) is 34.9 Å². The lowest BCUT2D eigenvalue weighted by Gasteiger charge is -2.09. The number of hydrogen-bond acceptors (Lipinski definition) is 2. The van der Waals surface area contributed by atoms with Crippen LogP contribution in [0.15, 0.2) is 54.7 Å². The minimum Gasteiger partial charge on any atom is -0.300 e. The number of Topliss-reactive ketones (excluding diaryl/α,β-unsaturated/α-hetero) is 1. The van der Waals surface area contributed by atoms with Gasteiger partial charge in [-0.15, -0.1) is 0 Å². The number of pyridine rings is 1. The molecule has 2 heterocycles. The SMILES string of the molecule is CC(=O)CCc1cc2ccccc2n1-c1ccccn1. The molecule has 3 aromatic rings. The Bertz CT molecular complexity index is 744. The summed E-state index contributed by atoms with van der Waals surface area (Å²) in [6, 6.07) is 16.2. The molecule has 0 saturated carbocycles. The number of para-hydroxylation sites is 1. The van der Waals surface area contributed by atoms with E-state index in [9.17, 15) is 4.79 Å². The first-order valence-electron chi connectivity index (χ1n) is 6.76. The summed E-state index contributed by atoms with van der Waals surface area (Å²) in [4.78, 5) is 15.7. The van der Waals surface area contributed by atoms with Gasteiger partial charge in [0.25, 0.3) is 0 Å². The number of aromatic nitrogens is 2. The van der Waals surface area contributed by atoms with Gasteiger partial charge in [0.05, 0.1) is 5.52 Å².